The number of carbonyl (C=O) groups excluding carboxylic acids is 1. The predicted molar refractivity (Wildman–Crippen MR) is 133 cm³/mol. The van der Waals surface area contributed by atoms with Gasteiger partial charge in [-0.2, -0.15) is 5.10 Å². The Morgan fingerprint density at radius 2 is 1.65 bits per heavy atom. The van der Waals surface area contributed by atoms with Crippen LogP contribution in [0.4, 0.5) is 11.4 Å². The highest BCUT2D eigenvalue weighted by Crippen LogP contribution is 2.27. The maximum absolute atomic E-state index is 13.6. The van der Waals surface area contributed by atoms with Crippen LogP contribution in [0.2, 0.25) is 5.02 Å². The lowest BCUT2D eigenvalue weighted by atomic mass is 10.2. The first-order chi connectivity index (χ1) is 16.5. The molecule has 0 radical (unpaired) electrons. The van der Waals surface area contributed by atoms with Gasteiger partial charge in [0.25, 0.3) is 11.6 Å². The summed E-state index contributed by atoms with van der Waals surface area (Å²) in [5.74, 6) is -0.0893. The fraction of sp³-hybridized carbons (Fsp3) is 0.167. The van der Waals surface area contributed by atoms with Gasteiger partial charge in [-0.25, -0.2) is 4.68 Å². The fourth-order valence-corrected chi connectivity index (χ4v) is 4.78. The number of nitro benzene ring substituents is 1. The van der Waals surface area contributed by atoms with Gasteiger partial charge in [0.15, 0.2) is 0 Å². The Morgan fingerprint density at radius 1 is 0.971 bits per heavy atom. The number of amides is 1. The standard InChI is InChI=1S/C24H20ClN5O3S/c25-17-3-5-19(6-4-17)29-22(16-21(26-29)23-2-1-15-34-23)24(31)28-13-11-27(12-14-28)18-7-9-20(10-8-18)30(32)33/h1-10,15-16H,11-14H2. The smallest absolute Gasteiger partial charge is 0.272 e. The second kappa shape index (κ2) is 9.28. The summed E-state index contributed by atoms with van der Waals surface area (Å²) in [7, 11) is 0. The average Bonchev–Trinajstić information content (AvgIpc) is 3.55. The molecule has 0 N–H and O–H groups in total. The highest BCUT2D eigenvalue weighted by Gasteiger charge is 2.27. The molecule has 2 aromatic heterocycles. The molecule has 0 atom stereocenters. The van der Waals surface area contributed by atoms with Gasteiger partial charge in [0.2, 0.25) is 0 Å². The van der Waals surface area contributed by atoms with Gasteiger partial charge >= 0.3 is 0 Å². The third-order valence-corrected chi connectivity index (χ3v) is 6.91. The molecule has 172 valence electrons. The Kier molecular flexibility index (Phi) is 6.04. The number of benzene rings is 2. The van der Waals surface area contributed by atoms with Crippen molar-refractivity contribution in [3.05, 3.63) is 92.9 Å². The molecular formula is C24H20ClN5O3S. The van der Waals surface area contributed by atoms with Crippen LogP contribution in [0.1, 0.15) is 10.5 Å². The van der Waals surface area contributed by atoms with Crippen molar-refractivity contribution in [2.75, 3.05) is 31.1 Å². The van der Waals surface area contributed by atoms with E-state index in [0.29, 0.717) is 36.9 Å². The number of hydrogen-bond donors (Lipinski definition) is 0. The molecule has 10 heteroatoms. The van der Waals surface area contributed by atoms with E-state index in [-0.39, 0.29) is 11.6 Å². The number of nitro groups is 1. The normalized spacial score (nSPS) is 13.8. The van der Waals surface area contributed by atoms with Crippen molar-refractivity contribution < 1.29 is 9.72 Å². The summed E-state index contributed by atoms with van der Waals surface area (Å²) in [6.07, 6.45) is 0. The topological polar surface area (TPSA) is 84.5 Å². The first kappa shape index (κ1) is 22.1. The van der Waals surface area contributed by atoms with Crippen molar-refractivity contribution in [1.29, 1.82) is 0 Å². The van der Waals surface area contributed by atoms with Gasteiger partial charge in [-0.05, 0) is 53.9 Å². The maximum Gasteiger partial charge on any atom is 0.272 e. The largest absolute Gasteiger partial charge is 0.368 e. The van der Waals surface area contributed by atoms with Gasteiger partial charge in [-0.15, -0.1) is 11.3 Å². The molecule has 1 aliphatic heterocycles. The average molecular weight is 494 g/mol. The minimum atomic E-state index is -0.408. The summed E-state index contributed by atoms with van der Waals surface area (Å²) in [6, 6.07) is 19.5. The van der Waals surface area contributed by atoms with Crippen LogP contribution in [0.15, 0.2) is 72.1 Å². The van der Waals surface area contributed by atoms with E-state index in [0.717, 1.165) is 21.9 Å². The number of anilines is 1. The van der Waals surface area contributed by atoms with Crippen LogP contribution in [0.3, 0.4) is 0 Å². The molecule has 3 heterocycles. The van der Waals surface area contributed by atoms with Crippen LogP contribution in [0, 0.1) is 10.1 Å². The van der Waals surface area contributed by atoms with Crippen molar-refractivity contribution >= 4 is 40.2 Å². The summed E-state index contributed by atoms with van der Waals surface area (Å²) >= 11 is 7.63. The highest BCUT2D eigenvalue weighted by molar-refractivity contribution is 7.13. The number of rotatable bonds is 5. The minimum Gasteiger partial charge on any atom is -0.368 e. The Balaban J connectivity index is 1.37. The van der Waals surface area contributed by atoms with Crippen molar-refractivity contribution in [3.8, 4) is 16.3 Å². The second-order valence-corrected chi connectivity index (χ2v) is 9.22. The molecular weight excluding hydrogens is 474 g/mol. The van der Waals surface area contributed by atoms with Crippen molar-refractivity contribution in [3.63, 3.8) is 0 Å². The van der Waals surface area contributed by atoms with Gasteiger partial charge in [0.05, 0.1) is 15.5 Å². The number of piperazine rings is 1. The molecule has 1 aliphatic rings. The summed E-state index contributed by atoms with van der Waals surface area (Å²) < 4.78 is 1.68. The van der Waals surface area contributed by atoms with Crippen LogP contribution in [-0.2, 0) is 0 Å². The van der Waals surface area contributed by atoms with Gasteiger partial charge in [0.1, 0.15) is 11.4 Å². The first-order valence-electron chi connectivity index (χ1n) is 10.7. The molecule has 0 saturated carbocycles. The number of carbonyl (C=O) groups is 1. The van der Waals surface area contributed by atoms with Gasteiger partial charge in [0, 0.05) is 49.0 Å². The molecule has 0 unspecified atom stereocenters. The summed E-state index contributed by atoms with van der Waals surface area (Å²) in [5.41, 5.74) is 2.98. The van der Waals surface area contributed by atoms with Crippen LogP contribution < -0.4 is 4.90 Å². The fourth-order valence-electron chi connectivity index (χ4n) is 3.97. The molecule has 0 bridgehead atoms. The van der Waals surface area contributed by atoms with Crippen LogP contribution in [-0.4, -0.2) is 51.7 Å². The molecule has 5 rings (SSSR count). The molecule has 1 saturated heterocycles. The lowest BCUT2D eigenvalue weighted by Gasteiger charge is -2.36. The summed E-state index contributed by atoms with van der Waals surface area (Å²) in [4.78, 5) is 29.0. The number of thiophene rings is 1. The predicted octanol–water partition coefficient (Wildman–Crippen LogP) is 5.12. The molecule has 4 aromatic rings. The van der Waals surface area contributed by atoms with E-state index in [4.69, 9.17) is 16.7 Å². The second-order valence-electron chi connectivity index (χ2n) is 7.83. The quantitative estimate of drug-likeness (QED) is 0.284. The van der Waals surface area contributed by atoms with Crippen molar-refractivity contribution in [2.24, 2.45) is 0 Å². The Bertz CT molecular complexity index is 1310. The SMILES string of the molecule is O=C(c1cc(-c2cccs2)nn1-c1ccc(Cl)cc1)N1CCN(c2ccc([N+](=O)[O-])cc2)CC1. The van der Waals surface area contributed by atoms with Crippen LogP contribution >= 0.6 is 22.9 Å². The van der Waals surface area contributed by atoms with Gasteiger partial charge < -0.3 is 9.80 Å². The number of halogens is 1. The lowest BCUT2D eigenvalue weighted by Crippen LogP contribution is -2.49. The molecule has 0 aliphatic carbocycles. The minimum absolute atomic E-state index is 0.0644. The first-order valence-corrected chi connectivity index (χ1v) is 11.9. The molecule has 2 aromatic carbocycles. The number of non-ortho nitro benzene ring substituents is 1. The van der Waals surface area contributed by atoms with E-state index < -0.39 is 4.92 Å². The van der Waals surface area contributed by atoms with E-state index in [1.807, 2.05) is 40.6 Å². The van der Waals surface area contributed by atoms with E-state index >= 15 is 0 Å². The van der Waals surface area contributed by atoms with Crippen molar-refractivity contribution in [1.82, 2.24) is 14.7 Å². The molecule has 34 heavy (non-hydrogen) atoms. The van der Waals surface area contributed by atoms with Crippen LogP contribution in [0.5, 0.6) is 0 Å². The lowest BCUT2D eigenvalue weighted by molar-refractivity contribution is -0.384. The number of hydrogen-bond acceptors (Lipinski definition) is 6. The van der Waals surface area contributed by atoms with Gasteiger partial charge in [-0.1, -0.05) is 17.7 Å². The van der Waals surface area contributed by atoms with Crippen LogP contribution in [0.25, 0.3) is 16.3 Å². The Morgan fingerprint density at radius 3 is 2.26 bits per heavy atom. The molecule has 0 spiro atoms. The van der Waals surface area contributed by atoms with Gasteiger partial charge in [-0.3, -0.25) is 14.9 Å². The zero-order valence-electron chi connectivity index (χ0n) is 18.0. The maximum atomic E-state index is 13.6. The number of nitrogens with zero attached hydrogens (tertiary/aromatic N) is 5. The Hall–Kier alpha value is -3.69. The van der Waals surface area contributed by atoms with E-state index in [1.165, 1.54) is 12.1 Å². The molecule has 8 nitrogen and oxygen atoms in total. The van der Waals surface area contributed by atoms with E-state index in [9.17, 15) is 14.9 Å². The van der Waals surface area contributed by atoms with E-state index in [2.05, 4.69) is 4.90 Å². The summed E-state index contributed by atoms with van der Waals surface area (Å²) in [5, 5.41) is 18.2. The summed E-state index contributed by atoms with van der Waals surface area (Å²) in [6.45, 7) is 2.35. The zero-order chi connectivity index (χ0) is 23.7. The molecule has 1 fully saturated rings. The number of aromatic nitrogens is 2. The highest BCUT2D eigenvalue weighted by atomic mass is 35.5. The zero-order valence-corrected chi connectivity index (χ0v) is 19.6. The third kappa shape index (κ3) is 4.40. The Labute approximate surface area is 204 Å². The van der Waals surface area contributed by atoms with E-state index in [1.54, 1.807) is 40.3 Å². The monoisotopic (exact) mass is 493 g/mol. The molecule has 1 amide bonds. The third-order valence-electron chi connectivity index (χ3n) is 5.77. The van der Waals surface area contributed by atoms with Crippen molar-refractivity contribution in [2.45, 2.75) is 0 Å².